The first-order valence-electron chi connectivity index (χ1n) is 14.7. The number of hydrogen-bond acceptors (Lipinski definition) is 2. The van der Waals surface area contributed by atoms with E-state index < -0.39 is 51.5 Å². The molecule has 0 atom stereocenters. The number of carboxylic acid groups (broad SMARTS) is 2. The average Bonchev–Trinajstić information content (AvgIpc) is 3.11. The summed E-state index contributed by atoms with van der Waals surface area (Å²) in [5.41, 5.74) is 0. The van der Waals surface area contributed by atoms with Gasteiger partial charge in [-0.15, -0.1) is 0 Å². The Balaban J connectivity index is 0.000000170. The van der Waals surface area contributed by atoms with Gasteiger partial charge in [0.2, 0.25) is 0 Å². The van der Waals surface area contributed by atoms with Gasteiger partial charge in [-0.3, -0.25) is 0 Å². The number of benzene rings is 6. The number of hydrogen-bond donors (Lipinski definition) is 2. The first kappa shape index (κ1) is 34.5. The van der Waals surface area contributed by atoms with E-state index in [0.717, 1.165) is 0 Å². The van der Waals surface area contributed by atoms with Gasteiger partial charge in [-0.25, -0.2) is 9.59 Å². The topological polar surface area (TPSA) is 74.6 Å². The molecule has 2 radical (unpaired) electrons. The van der Waals surface area contributed by atoms with Crippen molar-refractivity contribution in [1.82, 2.24) is 0 Å². The standard InChI is InChI=1S/6C6H5.C4H4O4.2Sn/c6*1-2-4-6-5-3-1;5-3(6)1-2-4(7)8;;/h6*1-5H;1-2H,(H,5,6)(H,7,8);;/b;;;;;;2-1-;;. The summed E-state index contributed by atoms with van der Waals surface area (Å²) >= 11 is -3.96. The fourth-order valence-corrected chi connectivity index (χ4v) is 19.5. The van der Waals surface area contributed by atoms with Crippen LogP contribution in [0.4, 0.5) is 0 Å². The van der Waals surface area contributed by atoms with Crippen molar-refractivity contribution in [1.29, 1.82) is 0 Å². The van der Waals surface area contributed by atoms with E-state index in [1.807, 2.05) is 0 Å². The van der Waals surface area contributed by atoms with Crippen LogP contribution in [-0.4, -0.2) is 61.7 Å². The van der Waals surface area contributed by atoms with Crippen LogP contribution in [0, 0.1) is 0 Å². The van der Waals surface area contributed by atoms with Crippen LogP contribution in [0.5, 0.6) is 0 Å². The molecule has 0 aliphatic heterocycles. The minimum absolute atomic E-state index is 0.558. The molecule has 6 heteroatoms. The molecule has 0 aliphatic carbocycles. The number of carbonyl (C=O) groups is 2. The molecule has 0 spiro atoms. The Bertz CT molecular complexity index is 1440. The van der Waals surface area contributed by atoms with Crippen LogP contribution in [0.3, 0.4) is 0 Å². The zero-order valence-electron chi connectivity index (χ0n) is 25.2. The minimum atomic E-state index is -1.98. The Morgan fingerprint density at radius 2 is 0.478 bits per heavy atom. The molecule has 4 nitrogen and oxygen atoms in total. The fraction of sp³-hybridized carbons (Fsp3) is 0. The summed E-state index contributed by atoms with van der Waals surface area (Å²) in [4.78, 5) is 19.1. The summed E-state index contributed by atoms with van der Waals surface area (Å²) < 4.78 is 9.18. The number of carboxylic acids is 2. The molecular formula is C40H34O4Sn2. The van der Waals surface area contributed by atoms with E-state index in [1.165, 1.54) is 21.5 Å². The number of aliphatic carboxylic acids is 2. The molecule has 6 rings (SSSR count). The summed E-state index contributed by atoms with van der Waals surface area (Å²) in [6.07, 6.45) is 1.12. The third-order valence-electron chi connectivity index (χ3n) is 6.74. The molecular weight excluding hydrogens is 782 g/mol. The summed E-state index contributed by atoms with van der Waals surface area (Å²) in [6.45, 7) is 0. The number of rotatable bonds is 8. The van der Waals surface area contributed by atoms with E-state index in [0.29, 0.717) is 12.2 Å². The van der Waals surface area contributed by atoms with Gasteiger partial charge < -0.3 is 10.2 Å². The van der Waals surface area contributed by atoms with Gasteiger partial charge in [0.05, 0.1) is 0 Å². The van der Waals surface area contributed by atoms with E-state index >= 15 is 0 Å². The van der Waals surface area contributed by atoms with Crippen LogP contribution in [0.1, 0.15) is 0 Å². The van der Waals surface area contributed by atoms with Crippen LogP contribution in [0.2, 0.25) is 0 Å². The molecule has 0 bridgehead atoms. The summed E-state index contributed by atoms with van der Waals surface area (Å²) in [5.74, 6) is -2.51. The van der Waals surface area contributed by atoms with Crippen molar-refractivity contribution in [3.05, 3.63) is 194 Å². The predicted octanol–water partition coefficient (Wildman–Crippen LogP) is 4.12. The van der Waals surface area contributed by atoms with Gasteiger partial charge in [0.15, 0.2) is 0 Å². The second kappa shape index (κ2) is 19.2. The molecule has 0 saturated heterocycles. The zero-order valence-corrected chi connectivity index (χ0v) is 30.9. The van der Waals surface area contributed by atoms with Crippen LogP contribution < -0.4 is 21.5 Å². The van der Waals surface area contributed by atoms with E-state index in [2.05, 4.69) is 182 Å². The molecule has 0 aliphatic rings. The van der Waals surface area contributed by atoms with Crippen LogP contribution in [0.25, 0.3) is 0 Å². The molecule has 6 aromatic carbocycles. The van der Waals surface area contributed by atoms with Crippen molar-refractivity contribution in [3.8, 4) is 0 Å². The molecule has 226 valence electrons. The normalized spacial score (nSPS) is 10.4. The maximum absolute atomic E-state index is 9.55. The van der Waals surface area contributed by atoms with E-state index in [-0.39, 0.29) is 0 Å². The Hall–Kier alpha value is -4.40. The second-order valence-electron chi connectivity index (χ2n) is 9.96. The Morgan fingerprint density at radius 1 is 0.326 bits per heavy atom. The monoisotopic (exact) mass is 818 g/mol. The third-order valence-corrected chi connectivity index (χ3v) is 22.3. The Kier molecular flexibility index (Phi) is 14.4. The van der Waals surface area contributed by atoms with Gasteiger partial charge in [0.1, 0.15) is 0 Å². The van der Waals surface area contributed by atoms with E-state index in [1.54, 1.807) is 0 Å². The quantitative estimate of drug-likeness (QED) is 0.179. The van der Waals surface area contributed by atoms with Gasteiger partial charge >= 0.3 is 255 Å². The van der Waals surface area contributed by atoms with Gasteiger partial charge in [0.25, 0.3) is 0 Å². The Morgan fingerprint density at radius 3 is 0.609 bits per heavy atom. The molecule has 0 amide bonds. The predicted molar refractivity (Wildman–Crippen MR) is 192 cm³/mol. The van der Waals surface area contributed by atoms with Crippen molar-refractivity contribution in [2.24, 2.45) is 0 Å². The van der Waals surface area contributed by atoms with Crippen LogP contribution in [-0.2, 0) is 9.59 Å². The zero-order chi connectivity index (χ0) is 32.4. The SMILES string of the molecule is O=C(O)/C=C\C(=O)O.c1cc[c]([Sn]([c]2ccccc2)[c]2ccccc2)cc1.c1cc[c]([Sn]([c]2ccccc2)[c]2ccccc2)cc1. The molecule has 0 fully saturated rings. The van der Waals surface area contributed by atoms with Crippen molar-refractivity contribution in [2.75, 3.05) is 0 Å². The molecule has 0 aromatic heterocycles. The van der Waals surface area contributed by atoms with Gasteiger partial charge in [-0.2, -0.15) is 0 Å². The summed E-state index contributed by atoms with van der Waals surface area (Å²) in [5, 5.41) is 15.6. The third kappa shape index (κ3) is 11.2. The molecule has 0 heterocycles. The van der Waals surface area contributed by atoms with Crippen molar-refractivity contribution in [2.45, 2.75) is 0 Å². The molecule has 46 heavy (non-hydrogen) atoms. The first-order valence-corrected chi connectivity index (χ1v) is 23.3. The molecule has 2 N–H and O–H groups in total. The summed E-state index contributed by atoms with van der Waals surface area (Å²) in [7, 11) is 0. The maximum atomic E-state index is 9.55. The van der Waals surface area contributed by atoms with Crippen LogP contribution >= 0.6 is 0 Å². The van der Waals surface area contributed by atoms with Crippen molar-refractivity contribution in [3.63, 3.8) is 0 Å². The van der Waals surface area contributed by atoms with Crippen LogP contribution in [0.15, 0.2) is 194 Å². The summed E-state index contributed by atoms with van der Waals surface area (Å²) in [6, 6.07) is 65.9. The van der Waals surface area contributed by atoms with E-state index in [4.69, 9.17) is 10.2 Å². The van der Waals surface area contributed by atoms with E-state index in [9.17, 15) is 9.59 Å². The van der Waals surface area contributed by atoms with Crippen molar-refractivity contribution >= 4 is 72.9 Å². The van der Waals surface area contributed by atoms with Gasteiger partial charge in [-0.05, 0) is 0 Å². The first-order chi connectivity index (χ1) is 22.5. The molecule has 6 aromatic rings. The second-order valence-corrected chi connectivity index (χ2v) is 24.1. The average molecular weight is 816 g/mol. The molecule has 0 saturated carbocycles. The van der Waals surface area contributed by atoms with Crippen molar-refractivity contribution < 1.29 is 19.8 Å². The molecule has 0 unspecified atom stereocenters. The van der Waals surface area contributed by atoms with Gasteiger partial charge in [-0.1, -0.05) is 0 Å². The van der Waals surface area contributed by atoms with Gasteiger partial charge in [0, 0.05) is 12.2 Å². The fourth-order valence-electron chi connectivity index (χ4n) is 4.77. The Labute approximate surface area is 284 Å².